The van der Waals surface area contributed by atoms with Gasteiger partial charge in [-0.2, -0.15) is 0 Å². The van der Waals surface area contributed by atoms with Crippen molar-refractivity contribution in [1.82, 2.24) is 4.98 Å². The fourth-order valence-electron chi connectivity index (χ4n) is 1.74. The molecule has 17 heavy (non-hydrogen) atoms. The quantitative estimate of drug-likeness (QED) is 0.909. The smallest absolute Gasteiger partial charge is 0.129 e. The zero-order valence-electron chi connectivity index (χ0n) is 9.11. The molecular weight excluding hydrogens is 239 g/mol. The van der Waals surface area contributed by atoms with E-state index in [4.69, 9.17) is 17.3 Å². The maximum atomic E-state index is 13.6. The Morgan fingerprint density at radius 1 is 1.24 bits per heavy atom. The molecule has 88 valence electrons. The van der Waals surface area contributed by atoms with Gasteiger partial charge in [-0.25, -0.2) is 4.39 Å². The summed E-state index contributed by atoms with van der Waals surface area (Å²) in [6.45, 7) is 0. The number of rotatable bonds is 3. The van der Waals surface area contributed by atoms with Gasteiger partial charge in [0.15, 0.2) is 0 Å². The Hall–Kier alpha value is -1.45. The minimum absolute atomic E-state index is 0.362. The summed E-state index contributed by atoms with van der Waals surface area (Å²) in [5, 5.41) is 0.367. The second kappa shape index (κ2) is 5.25. The van der Waals surface area contributed by atoms with Gasteiger partial charge in [0.1, 0.15) is 5.82 Å². The Kier molecular flexibility index (Phi) is 3.71. The van der Waals surface area contributed by atoms with Gasteiger partial charge in [0.05, 0.1) is 0 Å². The highest BCUT2D eigenvalue weighted by Gasteiger charge is 2.15. The van der Waals surface area contributed by atoms with Crippen LogP contribution in [0.15, 0.2) is 42.7 Å². The van der Waals surface area contributed by atoms with Crippen LogP contribution < -0.4 is 5.73 Å². The molecular formula is C13H12ClFN2. The predicted octanol–water partition coefficient (Wildman–Crippen LogP) is 3.12. The van der Waals surface area contributed by atoms with E-state index in [1.54, 1.807) is 24.5 Å². The number of aromatic nitrogens is 1. The predicted molar refractivity (Wildman–Crippen MR) is 66.3 cm³/mol. The molecule has 0 radical (unpaired) electrons. The Morgan fingerprint density at radius 3 is 2.59 bits per heavy atom. The van der Waals surface area contributed by atoms with Crippen molar-refractivity contribution in [2.24, 2.45) is 5.73 Å². The number of halogens is 2. The molecule has 0 saturated carbocycles. The van der Waals surface area contributed by atoms with Crippen LogP contribution in [0.3, 0.4) is 0 Å². The van der Waals surface area contributed by atoms with E-state index in [1.165, 1.54) is 6.07 Å². The average molecular weight is 251 g/mol. The van der Waals surface area contributed by atoms with Gasteiger partial charge in [-0.3, -0.25) is 4.98 Å². The topological polar surface area (TPSA) is 38.9 Å². The third-order valence-electron chi connectivity index (χ3n) is 2.58. The summed E-state index contributed by atoms with van der Waals surface area (Å²) >= 11 is 5.96. The van der Waals surface area contributed by atoms with Crippen LogP contribution in [0.4, 0.5) is 4.39 Å². The summed E-state index contributed by atoms with van der Waals surface area (Å²) in [5.74, 6) is -0.362. The molecule has 2 rings (SSSR count). The molecule has 0 fully saturated rings. The van der Waals surface area contributed by atoms with Gasteiger partial charge in [-0.05, 0) is 36.2 Å². The first-order chi connectivity index (χ1) is 8.18. The molecule has 0 aliphatic rings. The van der Waals surface area contributed by atoms with Crippen LogP contribution in [-0.2, 0) is 6.42 Å². The lowest BCUT2D eigenvalue weighted by Gasteiger charge is -2.14. The first-order valence-electron chi connectivity index (χ1n) is 5.27. The Morgan fingerprint density at radius 2 is 1.94 bits per heavy atom. The van der Waals surface area contributed by atoms with Crippen molar-refractivity contribution in [1.29, 1.82) is 0 Å². The maximum Gasteiger partial charge on any atom is 0.129 e. The molecule has 1 atom stereocenters. The highest BCUT2D eigenvalue weighted by atomic mass is 35.5. The molecule has 0 amide bonds. The molecule has 2 aromatic rings. The standard InChI is InChI=1S/C13H12ClFN2/c14-10-2-1-3-11(15)13(10)12(16)8-9-4-6-17-7-5-9/h1-7,12H,8,16H2. The molecule has 0 aliphatic carbocycles. The summed E-state index contributed by atoms with van der Waals surface area (Å²) in [6, 6.07) is 7.84. The van der Waals surface area contributed by atoms with Crippen LogP contribution in [0.5, 0.6) is 0 Å². The van der Waals surface area contributed by atoms with Gasteiger partial charge in [0.2, 0.25) is 0 Å². The largest absolute Gasteiger partial charge is 0.324 e. The van der Waals surface area contributed by atoms with Gasteiger partial charge in [-0.15, -0.1) is 0 Å². The third-order valence-corrected chi connectivity index (χ3v) is 2.91. The van der Waals surface area contributed by atoms with Gasteiger partial charge < -0.3 is 5.73 Å². The number of hydrogen-bond donors (Lipinski definition) is 1. The molecule has 1 heterocycles. The summed E-state index contributed by atoms with van der Waals surface area (Å²) in [5.41, 5.74) is 7.36. The molecule has 1 aromatic heterocycles. The third kappa shape index (κ3) is 2.81. The first kappa shape index (κ1) is 12.0. The van der Waals surface area contributed by atoms with E-state index in [9.17, 15) is 4.39 Å². The summed E-state index contributed by atoms with van der Waals surface area (Å²) in [4.78, 5) is 3.92. The minimum atomic E-state index is -0.453. The molecule has 1 aromatic carbocycles. The molecule has 0 saturated heterocycles. The fraction of sp³-hybridized carbons (Fsp3) is 0.154. The molecule has 4 heteroatoms. The van der Waals surface area contributed by atoms with E-state index in [0.717, 1.165) is 5.56 Å². The van der Waals surface area contributed by atoms with Crippen LogP contribution in [0, 0.1) is 5.82 Å². The molecule has 2 nitrogen and oxygen atoms in total. The van der Waals surface area contributed by atoms with Crippen LogP contribution in [0.1, 0.15) is 17.2 Å². The number of hydrogen-bond acceptors (Lipinski definition) is 2. The number of nitrogens with zero attached hydrogens (tertiary/aromatic N) is 1. The van der Waals surface area contributed by atoms with Gasteiger partial charge >= 0.3 is 0 Å². The van der Waals surface area contributed by atoms with Crippen LogP contribution in [-0.4, -0.2) is 4.98 Å². The Bertz CT molecular complexity index is 482. The SMILES string of the molecule is NC(Cc1ccncc1)c1c(F)cccc1Cl. The van der Waals surface area contributed by atoms with Crippen molar-refractivity contribution in [3.05, 3.63) is 64.7 Å². The van der Waals surface area contributed by atoms with Gasteiger partial charge in [0.25, 0.3) is 0 Å². The Labute approximate surface area is 104 Å². The molecule has 2 N–H and O–H groups in total. The summed E-state index contributed by atoms with van der Waals surface area (Å²) < 4.78 is 13.6. The van der Waals surface area contributed by atoms with Crippen LogP contribution in [0.25, 0.3) is 0 Å². The monoisotopic (exact) mass is 250 g/mol. The van der Waals surface area contributed by atoms with Crippen molar-refractivity contribution in [3.63, 3.8) is 0 Å². The highest BCUT2D eigenvalue weighted by Crippen LogP contribution is 2.26. The van der Waals surface area contributed by atoms with Crippen molar-refractivity contribution in [2.45, 2.75) is 12.5 Å². The van der Waals surface area contributed by atoms with E-state index < -0.39 is 6.04 Å². The Balaban J connectivity index is 2.23. The van der Waals surface area contributed by atoms with Crippen molar-refractivity contribution in [2.75, 3.05) is 0 Å². The highest BCUT2D eigenvalue weighted by molar-refractivity contribution is 6.31. The normalized spacial score (nSPS) is 12.4. The number of pyridine rings is 1. The van der Waals surface area contributed by atoms with E-state index in [0.29, 0.717) is 17.0 Å². The molecule has 1 unspecified atom stereocenters. The van der Waals surface area contributed by atoms with Crippen molar-refractivity contribution < 1.29 is 4.39 Å². The van der Waals surface area contributed by atoms with Crippen molar-refractivity contribution >= 4 is 11.6 Å². The van der Waals surface area contributed by atoms with E-state index in [1.807, 2.05) is 12.1 Å². The first-order valence-corrected chi connectivity index (χ1v) is 5.64. The second-order valence-corrected chi connectivity index (χ2v) is 4.21. The fourth-order valence-corrected chi connectivity index (χ4v) is 2.04. The van der Waals surface area contributed by atoms with Crippen LogP contribution >= 0.6 is 11.6 Å². The summed E-state index contributed by atoms with van der Waals surface area (Å²) in [6.07, 6.45) is 3.90. The average Bonchev–Trinajstić information content (AvgIpc) is 2.30. The molecule has 0 spiro atoms. The lowest BCUT2D eigenvalue weighted by Crippen LogP contribution is -2.15. The minimum Gasteiger partial charge on any atom is -0.324 e. The number of benzene rings is 1. The van der Waals surface area contributed by atoms with Crippen molar-refractivity contribution in [3.8, 4) is 0 Å². The van der Waals surface area contributed by atoms with Gasteiger partial charge in [-0.1, -0.05) is 17.7 Å². The van der Waals surface area contributed by atoms with Crippen LogP contribution in [0.2, 0.25) is 5.02 Å². The lowest BCUT2D eigenvalue weighted by atomic mass is 10.00. The zero-order chi connectivity index (χ0) is 12.3. The molecule has 0 bridgehead atoms. The summed E-state index contributed by atoms with van der Waals surface area (Å²) in [7, 11) is 0. The maximum absolute atomic E-state index is 13.6. The van der Waals surface area contributed by atoms with E-state index in [-0.39, 0.29) is 5.82 Å². The lowest BCUT2D eigenvalue weighted by molar-refractivity contribution is 0.580. The zero-order valence-corrected chi connectivity index (χ0v) is 9.86. The van der Waals surface area contributed by atoms with E-state index in [2.05, 4.69) is 4.98 Å². The molecule has 0 aliphatic heterocycles. The van der Waals surface area contributed by atoms with E-state index >= 15 is 0 Å². The second-order valence-electron chi connectivity index (χ2n) is 3.80. The van der Waals surface area contributed by atoms with Gasteiger partial charge in [0, 0.05) is 29.0 Å². The number of nitrogens with two attached hydrogens (primary N) is 1.